The van der Waals surface area contributed by atoms with Gasteiger partial charge < -0.3 is 24.8 Å². The molecule has 3 heteroatoms. The number of fused-ring (bicyclic) bond motifs is 6. The first kappa shape index (κ1) is 27.9. The number of aryl methyl sites for hydroxylation is 4. The Morgan fingerprint density at radius 2 is 0.829 bits per heavy atom. The van der Waals surface area contributed by atoms with Crippen molar-refractivity contribution in [3.8, 4) is 22.3 Å². The van der Waals surface area contributed by atoms with Gasteiger partial charge in [-0.25, -0.2) is 0 Å². The average Bonchev–Trinajstić information content (AvgIpc) is 3.32. The Balaban J connectivity index is 0.00000114. The molecule has 2 atom stereocenters. The van der Waals surface area contributed by atoms with Crippen LogP contribution in [0.2, 0.25) is 0 Å². The van der Waals surface area contributed by atoms with Crippen LogP contribution in [-0.4, -0.2) is 0 Å². The van der Waals surface area contributed by atoms with E-state index in [1.54, 1.807) is 11.1 Å². The number of hydrogen-bond acceptors (Lipinski definition) is 0. The second kappa shape index (κ2) is 10.8. The van der Waals surface area contributed by atoms with Crippen LogP contribution in [-0.2, 0) is 26.2 Å². The van der Waals surface area contributed by atoms with E-state index in [0.29, 0.717) is 11.8 Å². The third-order valence-electron chi connectivity index (χ3n) is 8.00. The molecule has 0 saturated heterocycles. The van der Waals surface area contributed by atoms with Crippen molar-refractivity contribution >= 4 is 0 Å². The molecule has 176 valence electrons. The fourth-order valence-electron chi connectivity index (χ4n) is 6.58. The van der Waals surface area contributed by atoms with Crippen LogP contribution in [0.4, 0.5) is 0 Å². The zero-order valence-corrected chi connectivity index (χ0v) is 24.7. The molecular formula is C32H30Cl2Zr. The second-order valence-corrected chi connectivity index (χ2v) is 9.83. The summed E-state index contributed by atoms with van der Waals surface area (Å²) in [4.78, 5) is 0. The van der Waals surface area contributed by atoms with E-state index in [1.165, 1.54) is 68.5 Å². The van der Waals surface area contributed by atoms with Gasteiger partial charge in [-0.2, -0.15) is 0 Å². The van der Waals surface area contributed by atoms with E-state index in [2.05, 4.69) is 100 Å². The molecule has 0 amide bonds. The summed E-state index contributed by atoms with van der Waals surface area (Å²) in [5, 5.41) is 0. The van der Waals surface area contributed by atoms with Gasteiger partial charge in [0.25, 0.3) is 0 Å². The van der Waals surface area contributed by atoms with Crippen molar-refractivity contribution in [3.63, 3.8) is 0 Å². The van der Waals surface area contributed by atoms with Crippen LogP contribution in [0, 0.1) is 27.7 Å². The zero-order chi connectivity index (χ0) is 22.0. The molecule has 0 nitrogen and oxygen atoms in total. The molecule has 4 aromatic rings. The third-order valence-corrected chi connectivity index (χ3v) is 8.00. The molecule has 35 heavy (non-hydrogen) atoms. The fraction of sp³-hybridized carbons (Fsp3) is 0.250. The quantitative estimate of drug-likeness (QED) is 0.352. The Kier molecular flexibility index (Phi) is 8.58. The topological polar surface area (TPSA) is 0 Å². The molecule has 0 radical (unpaired) electrons. The maximum atomic E-state index is 2.37. The van der Waals surface area contributed by atoms with Gasteiger partial charge in [-0.1, -0.05) is 72.8 Å². The van der Waals surface area contributed by atoms with E-state index < -0.39 is 0 Å². The molecule has 0 saturated carbocycles. The number of halogens is 2. The van der Waals surface area contributed by atoms with E-state index >= 15 is 0 Å². The zero-order valence-electron chi connectivity index (χ0n) is 20.8. The van der Waals surface area contributed by atoms with Gasteiger partial charge in [0.05, 0.1) is 0 Å². The van der Waals surface area contributed by atoms with Crippen LogP contribution >= 0.6 is 0 Å². The Morgan fingerprint density at radius 1 is 0.486 bits per heavy atom. The number of rotatable bonds is 3. The van der Waals surface area contributed by atoms with Gasteiger partial charge in [0.1, 0.15) is 0 Å². The predicted octanol–water partition coefficient (Wildman–Crippen LogP) is 2.63. The average molecular weight is 577 g/mol. The Bertz CT molecular complexity index is 1280. The fourth-order valence-corrected chi connectivity index (χ4v) is 6.58. The minimum atomic E-state index is 0. The first-order chi connectivity index (χ1) is 15.6. The summed E-state index contributed by atoms with van der Waals surface area (Å²) in [5.74, 6) is 0.977. The van der Waals surface area contributed by atoms with Crippen LogP contribution in [0.3, 0.4) is 0 Å². The SMILES string of the molecule is Cc1ccc(C)c2c1-c1ccccc1C2CCC1c2ccccc2-c2c(C)ccc(C)c21.[Cl-].[Cl-].[Zr+2]. The molecule has 0 heterocycles. The molecule has 0 aliphatic heterocycles. The molecule has 2 aliphatic carbocycles. The summed E-state index contributed by atoms with van der Waals surface area (Å²) < 4.78 is 0. The van der Waals surface area contributed by atoms with Gasteiger partial charge in [0.2, 0.25) is 0 Å². The number of hydrogen-bond donors (Lipinski definition) is 0. The minimum Gasteiger partial charge on any atom is -1.00 e. The molecule has 0 N–H and O–H groups in total. The standard InChI is InChI=1S/C32H30.2ClH.Zr/c1-19-13-15-21(3)31-27(23-9-5-7-11-25(23)29(19)31)17-18-28-24-10-6-8-12-26(24)30-20(2)14-16-22(4)32(28)30;;;/h5-16,27-28H,17-18H2,1-4H3;2*1H;/q;;;+2/p-2. The van der Waals surface area contributed by atoms with Crippen molar-refractivity contribution in [2.45, 2.75) is 52.4 Å². The Hall–Kier alpha value is -1.66. The van der Waals surface area contributed by atoms with Crippen molar-refractivity contribution < 1.29 is 51.0 Å². The molecule has 0 bridgehead atoms. The first-order valence-corrected chi connectivity index (χ1v) is 11.9. The van der Waals surface area contributed by atoms with Crippen LogP contribution in [0.25, 0.3) is 22.3 Å². The Morgan fingerprint density at radius 3 is 1.23 bits per heavy atom. The van der Waals surface area contributed by atoms with Gasteiger partial charge >= 0.3 is 26.2 Å². The third kappa shape index (κ3) is 4.29. The summed E-state index contributed by atoms with van der Waals surface area (Å²) >= 11 is 0. The molecule has 0 spiro atoms. The monoisotopic (exact) mass is 574 g/mol. The van der Waals surface area contributed by atoms with Crippen LogP contribution < -0.4 is 24.8 Å². The maximum Gasteiger partial charge on any atom is 2.00 e. The molecule has 2 aliphatic rings. The normalized spacial score (nSPS) is 16.1. The van der Waals surface area contributed by atoms with Crippen molar-refractivity contribution in [3.05, 3.63) is 117 Å². The molecule has 6 rings (SSSR count). The summed E-state index contributed by atoms with van der Waals surface area (Å²) in [5.41, 5.74) is 17.7. The van der Waals surface area contributed by atoms with Gasteiger partial charge in [0.15, 0.2) is 0 Å². The number of benzene rings is 4. The second-order valence-electron chi connectivity index (χ2n) is 9.83. The maximum absolute atomic E-state index is 2.37. The van der Waals surface area contributed by atoms with Crippen LogP contribution in [0.1, 0.15) is 69.2 Å². The van der Waals surface area contributed by atoms with E-state index in [9.17, 15) is 0 Å². The molecular weight excluding hydrogens is 546 g/mol. The first-order valence-electron chi connectivity index (χ1n) is 11.9. The summed E-state index contributed by atoms with van der Waals surface area (Å²) in [6.07, 6.45) is 2.36. The van der Waals surface area contributed by atoms with Crippen LogP contribution in [0.5, 0.6) is 0 Å². The molecule has 4 aromatic carbocycles. The van der Waals surface area contributed by atoms with Crippen molar-refractivity contribution in [2.75, 3.05) is 0 Å². The Labute approximate surface area is 241 Å². The van der Waals surface area contributed by atoms with Crippen molar-refractivity contribution in [1.82, 2.24) is 0 Å². The summed E-state index contributed by atoms with van der Waals surface area (Å²) in [6, 6.07) is 27.4. The van der Waals surface area contributed by atoms with Gasteiger partial charge in [0, 0.05) is 11.8 Å². The summed E-state index contributed by atoms with van der Waals surface area (Å²) in [6.45, 7) is 9.13. The molecule has 0 fully saturated rings. The minimum absolute atomic E-state index is 0. The van der Waals surface area contributed by atoms with Gasteiger partial charge in [-0.3, -0.25) is 0 Å². The van der Waals surface area contributed by atoms with Crippen molar-refractivity contribution in [1.29, 1.82) is 0 Å². The summed E-state index contributed by atoms with van der Waals surface area (Å²) in [7, 11) is 0. The van der Waals surface area contributed by atoms with E-state index in [1.807, 2.05) is 0 Å². The van der Waals surface area contributed by atoms with Gasteiger partial charge in [-0.05, 0) is 107 Å². The van der Waals surface area contributed by atoms with E-state index in [4.69, 9.17) is 0 Å². The largest absolute Gasteiger partial charge is 2.00 e. The van der Waals surface area contributed by atoms with Gasteiger partial charge in [-0.15, -0.1) is 0 Å². The van der Waals surface area contributed by atoms with E-state index in [0.717, 1.165) is 0 Å². The molecule has 2 unspecified atom stereocenters. The molecule has 0 aromatic heterocycles. The predicted molar refractivity (Wildman–Crippen MR) is 136 cm³/mol. The van der Waals surface area contributed by atoms with Crippen molar-refractivity contribution in [2.24, 2.45) is 0 Å². The van der Waals surface area contributed by atoms with E-state index in [-0.39, 0.29) is 51.0 Å². The van der Waals surface area contributed by atoms with Crippen LogP contribution in [0.15, 0.2) is 72.8 Å². The smallest absolute Gasteiger partial charge is 1.00 e.